The Morgan fingerprint density at radius 1 is 1.58 bits per heavy atom. The van der Waals surface area contributed by atoms with Gasteiger partial charge in [-0.1, -0.05) is 17.7 Å². The number of aromatic hydroxyl groups is 1. The summed E-state index contributed by atoms with van der Waals surface area (Å²) in [6.07, 6.45) is 0. The molecule has 1 aromatic rings. The summed E-state index contributed by atoms with van der Waals surface area (Å²) in [5, 5.41) is 9.63. The molecule has 3 nitrogen and oxygen atoms in total. The Morgan fingerprint density at radius 3 is 2.75 bits per heavy atom. The molecule has 0 saturated heterocycles. The van der Waals surface area contributed by atoms with E-state index in [9.17, 15) is 5.11 Å². The number of hydrogen-bond acceptors (Lipinski definition) is 3. The lowest BCUT2D eigenvalue weighted by Crippen LogP contribution is -1.97. The van der Waals surface area contributed by atoms with Crippen LogP contribution in [0.3, 0.4) is 0 Å². The summed E-state index contributed by atoms with van der Waals surface area (Å²) in [7, 11) is 1.49. The van der Waals surface area contributed by atoms with Crippen LogP contribution in [0.15, 0.2) is 12.1 Å². The van der Waals surface area contributed by atoms with Crippen LogP contribution in [0.1, 0.15) is 5.56 Å². The zero-order valence-corrected chi connectivity index (χ0v) is 7.43. The van der Waals surface area contributed by atoms with Crippen LogP contribution in [-0.2, 0) is 6.54 Å². The smallest absolute Gasteiger partial charge is 0.142 e. The van der Waals surface area contributed by atoms with Crippen molar-refractivity contribution in [2.75, 3.05) is 7.11 Å². The zero-order valence-electron chi connectivity index (χ0n) is 6.67. The van der Waals surface area contributed by atoms with Crippen LogP contribution in [0, 0.1) is 0 Å². The summed E-state index contributed by atoms with van der Waals surface area (Å²) in [6, 6.07) is 3.35. The number of rotatable bonds is 2. The first-order valence-corrected chi connectivity index (χ1v) is 3.83. The largest absolute Gasteiger partial charge is 0.506 e. The second kappa shape index (κ2) is 3.65. The lowest BCUT2D eigenvalue weighted by molar-refractivity contribution is 0.407. The molecule has 4 heteroatoms. The van der Waals surface area contributed by atoms with Crippen molar-refractivity contribution in [1.82, 2.24) is 0 Å². The quantitative estimate of drug-likeness (QED) is 0.738. The van der Waals surface area contributed by atoms with Crippen LogP contribution in [0.2, 0.25) is 5.02 Å². The molecule has 0 heterocycles. The molecule has 0 unspecified atom stereocenters. The topological polar surface area (TPSA) is 55.5 Å². The van der Waals surface area contributed by atoms with Crippen molar-refractivity contribution < 1.29 is 9.84 Å². The first-order valence-electron chi connectivity index (χ1n) is 3.45. The van der Waals surface area contributed by atoms with Crippen LogP contribution in [0.5, 0.6) is 11.5 Å². The molecular formula is C8H10ClNO2. The van der Waals surface area contributed by atoms with Gasteiger partial charge in [0, 0.05) is 12.1 Å². The van der Waals surface area contributed by atoms with Crippen LogP contribution < -0.4 is 10.5 Å². The van der Waals surface area contributed by atoms with Gasteiger partial charge in [-0.25, -0.2) is 0 Å². The fourth-order valence-corrected chi connectivity index (χ4v) is 1.17. The third-order valence-corrected chi connectivity index (χ3v) is 1.97. The molecule has 0 fully saturated rings. The van der Waals surface area contributed by atoms with Gasteiger partial charge in [0.05, 0.1) is 7.11 Å². The molecule has 1 aromatic carbocycles. The van der Waals surface area contributed by atoms with Crippen molar-refractivity contribution >= 4 is 11.6 Å². The molecule has 0 aliphatic carbocycles. The highest BCUT2D eigenvalue weighted by Crippen LogP contribution is 2.35. The maximum atomic E-state index is 9.42. The third-order valence-electron chi connectivity index (χ3n) is 1.60. The first kappa shape index (κ1) is 9.16. The predicted molar refractivity (Wildman–Crippen MR) is 47.6 cm³/mol. The Hall–Kier alpha value is -0.930. The monoisotopic (exact) mass is 187 g/mol. The number of methoxy groups -OCH3 is 1. The van der Waals surface area contributed by atoms with Crippen LogP contribution in [0.25, 0.3) is 0 Å². The van der Waals surface area contributed by atoms with Crippen LogP contribution in [0.4, 0.5) is 0 Å². The minimum Gasteiger partial charge on any atom is -0.506 e. The Balaban J connectivity index is 3.20. The third kappa shape index (κ3) is 1.47. The average molecular weight is 188 g/mol. The fourth-order valence-electron chi connectivity index (χ4n) is 0.908. The van der Waals surface area contributed by atoms with Crippen molar-refractivity contribution in [1.29, 1.82) is 0 Å². The van der Waals surface area contributed by atoms with Gasteiger partial charge in [-0.3, -0.25) is 0 Å². The molecule has 0 aliphatic rings. The summed E-state index contributed by atoms with van der Waals surface area (Å²) in [5.41, 5.74) is 5.96. The number of ether oxygens (including phenoxy) is 1. The minimum absolute atomic E-state index is 0.00137. The number of nitrogens with two attached hydrogens (primary N) is 1. The summed E-state index contributed by atoms with van der Waals surface area (Å²) in [5.74, 6) is 0.449. The minimum atomic E-state index is -0.00137. The second-order valence-corrected chi connectivity index (χ2v) is 2.67. The van der Waals surface area contributed by atoms with Gasteiger partial charge >= 0.3 is 0 Å². The Morgan fingerprint density at radius 2 is 2.25 bits per heavy atom. The van der Waals surface area contributed by atoms with Gasteiger partial charge in [-0.2, -0.15) is 0 Å². The Labute approximate surface area is 75.7 Å². The first-order chi connectivity index (χ1) is 5.70. The van der Waals surface area contributed by atoms with Crippen molar-refractivity contribution in [3.8, 4) is 11.5 Å². The van der Waals surface area contributed by atoms with E-state index in [1.165, 1.54) is 7.11 Å². The van der Waals surface area contributed by atoms with Gasteiger partial charge < -0.3 is 15.6 Å². The average Bonchev–Trinajstić information content (AvgIpc) is 2.10. The highest BCUT2D eigenvalue weighted by molar-refractivity contribution is 6.33. The summed E-state index contributed by atoms with van der Waals surface area (Å²) >= 11 is 5.75. The molecule has 0 spiro atoms. The van der Waals surface area contributed by atoms with Gasteiger partial charge in [0.2, 0.25) is 0 Å². The number of benzene rings is 1. The molecule has 1 rings (SSSR count). The standard InChI is InChI=1S/C8H10ClNO2/c1-12-6-3-2-5(4-10)8(11)7(6)9/h2-3,11H,4,10H2,1H3. The lowest BCUT2D eigenvalue weighted by atomic mass is 10.2. The molecule has 0 bridgehead atoms. The predicted octanol–water partition coefficient (Wildman–Crippen LogP) is 1.51. The molecule has 0 aliphatic heterocycles. The maximum Gasteiger partial charge on any atom is 0.142 e. The van der Waals surface area contributed by atoms with Gasteiger partial charge in [0.15, 0.2) is 0 Å². The number of phenols is 1. The molecule has 3 N–H and O–H groups in total. The van der Waals surface area contributed by atoms with Crippen molar-refractivity contribution in [3.63, 3.8) is 0 Å². The lowest BCUT2D eigenvalue weighted by Gasteiger charge is -2.07. The Kier molecular flexibility index (Phi) is 2.78. The molecule has 66 valence electrons. The molecule has 0 atom stereocenters. The van der Waals surface area contributed by atoms with Gasteiger partial charge in [0.25, 0.3) is 0 Å². The van der Waals surface area contributed by atoms with Crippen molar-refractivity contribution in [2.45, 2.75) is 6.54 Å². The molecule has 0 aromatic heterocycles. The Bertz CT molecular complexity index is 260. The summed E-state index contributed by atoms with van der Waals surface area (Å²) in [4.78, 5) is 0. The van der Waals surface area contributed by atoms with Crippen molar-refractivity contribution in [2.24, 2.45) is 5.73 Å². The van der Waals surface area contributed by atoms with Crippen LogP contribution >= 0.6 is 11.6 Å². The molecular weight excluding hydrogens is 178 g/mol. The number of hydrogen-bond donors (Lipinski definition) is 2. The van der Waals surface area contributed by atoms with Gasteiger partial charge in [-0.05, 0) is 6.07 Å². The molecule has 0 amide bonds. The van der Waals surface area contributed by atoms with E-state index in [2.05, 4.69) is 0 Å². The van der Waals surface area contributed by atoms with E-state index in [0.29, 0.717) is 11.3 Å². The van der Waals surface area contributed by atoms with Crippen molar-refractivity contribution in [3.05, 3.63) is 22.7 Å². The number of halogens is 1. The van der Waals surface area contributed by atoms with E-state index in [-0.39, 0.29) is 17.3 Å². The normalized spacial score (nSPS) is 9.92. The molecule has 0 radical (unpaired) electrons. The van der Waals surface area contributed by atoms with E-state index in [4.69, 9.17) is 22.1 Å². The summed E-state index contributed by atoms with van der Waals surface area (Å²) in [6.45, 7) is 0.259. The van der Waals surface area contributed by atoms with Gasteiger partial charge in [-0.15, -0.1) is 0 Å². The number of phenolic OH excluding ortho intramolecular Hbond substituents is 1. The van der Waals surface area contributed by atoms with Crippen LogP contribution in [-0.4, -0.2) is 12.2 Å². The van der Waals surface area contributed by atoms with Gasteiger partial charge in [0.1, 0.15) is 16.5 Å². The molecule has 12 heavy (non-hydrogen) atoms. The zero-order chi connectivity index (χ0) is 9.14. The van der Waals surface area contributed by atoms with E-state index in [1.807, 2.05) is 0 Å². The van der Waals surface area contributed by atoms with E-state index >= 15 is 0 Å². The van der Waals surface area contributed by atoms with E-state index < -0.39 is 0 Å². The second-order valence-electron chi connectivity index (χ2n) is 2.29. The highest BCUT2D eigenvalue weighted by atomic mass is 35.5. The SMILES string of the molecule is COc1ccc(CN)c(O)c1Cl. The van der Waals surface area contributed by atoms with E-state index in [1.54, 1.807) is 12.1 Å². The summed E-state index contributed by atoms with van der Waals surface area (Å²) < 4.78 is 4.89. The highest BCUT2D eigenvalue weighted by Gasteiger charge is 2.09. The maximum absolute atomic E-state index is 9.42. The van der Waals surface area contributed by atoms with E-state index in [0.717, 1.165) is 0 Å². The molecule has 0 saturated carbocycles. The fraction of sp³-hybridized carbons (Fsp3) is 0.250.